The standard InChI is InChI=1S/C27H28Cl2O2/c1-27(2,22-13-15-24(16-14-22)30-20-23(29)19-28)17-7-9-21-8-6-12-26(18-21)31-25-10-4-3-5-11-25/h3-6,8,10-16,18-19H,7,9,17,20H2,1-2H3. The maximum atomic E-state index is 5.96. The highest BCUT2D eigenvalue weighted by Gasteiger charge is 2.20. The van der Waals surface area contributed by atoms with Gasteiger partial charge in [-0.05, 0) is 72.2 Å². The van der Waals surface area contributed by atoms with Crippen molar-refractivity contribution in [1.29, 1.82) is 0 Å². The molecule has 0 unspecified atom stereocenters. The lowest BCUT2D eigenvalue weighted by molar-refractivity contribution is 0.358. The van der Waals surface area contributed by atoms with Crippen LogP contribution >= 0.6 is 23.2 Å². The molecule has 4 heteroatoms. The molecular formula is C27H28Cl2O2. The summed E-state index contributed by atoms with van der Waals surface area (Å²) in [6.07, 6.45) is 3.19. The number of aryl methyl sites for hydroxylation is 1. The van der Waals surface area contributed by atoms with Crippen molar-refractivity contribution < 1.29 is 9.47 Å². The van der Waals surface area contributed by atoms with Crippen LogP contribution in [-0.2, 0) is 11.8 Å². The Kier molecular flexibility index (Phi) is 8.45. The van der Waals surface area contributed by atoms with Gasteiger partial charge in [-0.25, -0.2) is 0 Å². The van der Waals surface area contributed by atoms with Crippen molar-refractivity contribution in [2.24, 2.45) is 0 Å². The van der Waals surface area contributed by atoms with Crippen LogP contribution in [0.15, 0.2) is 89.4 Å². The smallest absolute Gasteiger partial charge is 0.127 e. The molecule has 0 aliphatic rings. The van der Waals surface area contributed by atoms with Gasteiger partial charge in [0.2, 0.25) is 0 Å². The third-order valence-corrected chi connectivity index (χ3v) is 5.87. The quantitative estimate of drug-likeness (QED) is 0.305. The maximum Gasteiger partial charge on any atom is 0.127 e. The van der Waals surface area contributed by atoms with Gasteiger partial charge in [-0.2, -0.15) is 0 Å². The van der Waals surface area contributed by atoms with Crippen molar-refractivity contribution in [2.45, 2.75) is 38.5 Å². The minimum Gasteiger partial charge on any atom is -0.488 e. The van der Waals surface area contributed by atoms with Crippen LogP contribution in [0.1, 0.15) is 37.8 Å². The Morgan fingerprint density at radius 1 is 0.871 bits per heavy atom. The fraction of sp³-hybridized carbons (Fsp3) is 0.259. The first-order valence-corrected chi connectivity index (χ1v) is 11.3. The van der Waals surface area contributed by atoms with Gasteiger partial charge in [0, 0.05) is 5.54 Å². The van der Waals surface area contributed by atoms with Crippen molar-refractivity contribution in [3.63, 3.8) is 0 Å². The molecule has 0 radical (unpaired) electrons. The van der Waals surface area contributed by atoms with Crippen LogP contribution in [0, 0.1) is 0 Å². The summed E-state index contributed by atoms with van der Waals surface area (Å²) in [5, 5.41) is 0.476. The van der Waals surface area contributed by atoms with Crippen molar-refractivity contribution in [1.82, 2.24) is 0 Å². The fourth-order valence-corrected chi connectivity index (χ4v) is 3.57. The summed E-state index contributed by atoms with van der Waals surface area (Å²) in [5.41, 5.74) is 3.98. The third kappa shape index (κ3) is 7.34. The minimum atomic E-state index is 0.0738. The van der Waals surface area contributed by atoms with E-state index in [0.29, 0.717) is 5.03 Å². The molecule has 0 saturated heterocycles. The normalized spacial score (nSPS) is 11.9. The molecular weight excluding hydrogens is 427 g/mol. The van der Waals surface area contributed by atoms with Gasteiger partial charge in [0.25, 0.3) is 0 Å². The topological polar surface area (TPSA) is 18.5 Å². The Bertz CT molecular complexity index is 980. The Hall–Kier alpha value is -2.42. The Morgan fingerprint density at radius 2 is 1.58 bits per heavy atom. The lowest BCUT2D eigenvalue weighted by Gasteiger charge is -2.25. The zero-order valence-corrected chi connectivity index (χ0v) is 19.5. The second kappa shape index (κ2) is 11.3. The molecule has 0 atom stereocenters. The monoisotopic (exact) mass is 454 g/mol. The van der Waals surface area contributed by atoms with Gasteiger partial charge in [0.15, 0.2) is 0 Å². The van der Waals surface area contributed by atoms with Crippen LogP contribution < -0.4 is 9.47 Å². The van der Waals surface area contributed by atoms with E-state index in [1.165, 1.54) is 16.7 Å². The van der Waals surface area contributed by atoms with E-state index >= 15 is 0 Å². The second-order valence-electron chi connectivity index (χ2n) is 8.17. The predicted molar refractivity (Wildman–Crippen MR) is 131 cm³/mol. The van der Waals surface area contributed by atoms with Gasteiger partial charge in [-0.15, -0.1) is 0 Å². The van der Waals surface area contributed by atoms with Crippen LogP contribution in [0.3, 0.4) is 0 Å². The predicted octanol–water partition coefficient (Wildman–Crippen LogP) is 8.48. The molecule has 31 heavy (non-hydrogen) atoms. The lowest BCUT2D eigenvalue weighted by Crippen LogP contribution is -2.17. The van der Waals surface area contributed by atoms with E-state index in [0.717, 1.165) is 36.5 Å². The van der Waals surface area contributed by atoms with E-state index in [1.54, 1.807) is 0 Å². The van der Waals surface area contributed by atoms with E-state index in [2.05, 4.69) is 44.2 Å². The molecule has 0 fully saturated rings. The molecule has 0 aliphatic carbocycles. The van der Waals surface area contributed by atoms with Crippen molar-refractivity contribution in [3.05, 3.63) is 101 Å². The second-order valence-corrected chi connectivity index (χ2v) is 8.87. The van der Waals surface area contributed by atoms with Crippen LogP contribution in [-0.4, -0.2) is 6.61 Å². The van der Waals surface area contributed by atoms with Crippen LogP contribution in [0.4, 0.5) is 0 Å². The number of halogens is 2. The van der Waals surface area contributed by atoms with E-state index in [4.69, 9.17) is 32.7 Å². The Balaban J connectivity index is 1.53. The molecule has 162 valence electrons. The summed E-state index contributed by atoms with van der Waals surface area (Å²) >= 11 is 11.4. The first kappa shape index (κ1) is 23.2. The summed E-state index contributed by atoms with van der Waals surface area (Å²) in [6, 6.07) is 26.5. The molecule has 0 heterocycles. The molecule has 0 aliphatic heterocycles. The summed E-state index contributed by atoms with van der Waals surface area (Å²) in [4.78, 5) is 0. The SMILES string of the molecule is CC(C)(CCCc1cccc(Oc2ccccc2)c1)c1ccc(OCC(Cl)=CCl)cc1. The molecule has 2 nitrogen and oxygen atoms in total. The highest BCUT2D eigenvalue weighted by molar-refractivity contribution is 6.36. The molecule has 0 aromatic heterocycles. The average molecular weight is 455 g/mol. The van der Waals surface area contributed by atoms with E-state index < -0.39 is 0 Å². The molecule has 3 rings (SSSR count). The number of para-hydroxylation sites is 1. The molecule has 0 N–H and O–H groups in total. The number of rotatable bonds is 10. The largest absolute Gasteiger partial charge is 0.488 e. The summed E-state index contributed by atoms with van der Waals surface area (Å²) < 4.78 is 11.6. The maximum absolute atomic E-state index is 5.96. The molecule has 0 bridgehead atoms. The highest BCUT2D eigenvalue weighted by Crippen LogP contribution is 2.31. The van der Waals surface area contributed by atoms with Gasteiger partial charge < -0.3 is 9.47 Å². The zero-order chi connectivity index (χ0) is 22.1. The number of hydrogen-bond donors (Lipinski definition) is 0. The zero-order valence-electron chi connectivity index (χ0n) is 18.0. The van der Waals surface area contributed by atoms with E-state index in [9.17, 15) is 0 Å². The fourth-order valence-electron chi connectivity index (χ4n) is 3.45. The van der Waals surface area contributed by atoms with Crippen molar-refractivity contribution in [2.75, 3.05) is 6.61 Å². The first-order valence-electron chi connectivity index (χ1n) is 10.5. The summed E-state index contributed by atoms with van der Waals surface area (Å²) in [5.74, 6) is 2.52. The Morgan fingerprint density at radius 3 is 2.29 bits per heavy atom. The molecule has 0 spiro atoms. The third-order valence-electron chi connectivity index (χ3n) is 5.28. The van der Waals surface area contributed by atoms with Crippen molar-refractivity contribution >= 4 is 23.2 Å². The first-order chi connectivity index (χ1) is 15.0. The minimum absolute atomic E-state index is 0.0738. The summed E-state index contributed by atoms with van der Waals surface area (Å²) in [6.45, 7) is 4.84. The van der Waals surface area contributed by atoms with Gasteiger partial charge >= 0.3 is 0 Å². The Labute approximate surface area is 195 Å². The molecule has 0 amide bonds. The van der Waals surface area contributed by atoms with Gasteiger partial charge in [-0.3, -0.25) is 0 Å². The van der Waals surface area contributed by atoms with Crippen LogP contribution in [0.25, 0.3) is 0 Å². The summed E-state index contributed by atoms with van der Waals surface area (Å²) in [7, 11) is 0. The number of hydrogen-bond acceptors (Lipinski definition) is 2. The van der Waals surface area contributed by atoms with E-state index in [-0.39, 0.29) is 12.0 Å². The van der Waals surface area contributed by atoms with Crippen LogP contribution in [0.5, 0.6) is 17.2 Å². The van der Waals surface area contributed by atoms with Crippen LogP contribution in [0.2, 0.25) is 0 Å². The van der Waals surface area contributed by atoms with Crippen molar-refractivity contribution in [3.8, 4) is 17.2 Å². The molecule has 3 aromatic carbocycles. The molecule has 3 aromatic rings. The number of benzene rings is 3. The van der Waals surface area contributed by atoms with Gasteiger partial charge in [0.05, 0.1) is 5.03 Å². The average Bonchev–Trinajstić information content (AvgIpc) is 2.78. The molecule has 0 saturated carbocycles. The van der Waals surface area contributed by atoms with E-state index in [1.807, 2.05) is 48.5 Å². The number of ether oxygens (including phenoxy) is 2. The lowest BCUT2D eigenvalue weighted by atomic mass is 9.80. The van der Waals surface area contributed by atoms with Gasteiger partial charge in [-0.1, -0.05) is 79.5 Å². The van der Waals surface area contributed by atoms with Gasteiger partial charge in [0.1, 0.15) is 23.9 Å². The highest BCUT2D eigenvalue weighted by atomic mass is 35.5.